The van der Waals surface area contributed by atoms with E-state index in [0.29, 0.717) is 51.0 Å². The molecule has 1 amide bonds. The van der Waals surface area contributed by atoms with Gasteiger partial charge < -0.3 is 43.7 Å². The van der Waals surface area contributed by atoms with E-state index in [4.69, 9.17) is 23.3 Å². The third-order valence-electron chi connectivity index (χ3n) is 8.16. The number of rotatable bonds is 10. The minimum absolute atomic E-state index is 0.106. The molecule has 0 atom stereocenters. The van der Waals surface area contributed by atoms with Crippen LogP contribution in [0.4, 0.5) is 42.0 Å². The SMILES string of the molecule is COc1cc(N2CCN(C(=O)C(F)(F)F)CC2)c(-c2cnn(C)c2)cc1Nc1ncc(Br)c(Nc2ccc3c(c2P(=O)(OC)OC)OCCO3)n1. The molecule has 6 rings (SSSR count). The molecule has 0 unspecified atom stereocenters. The molecule has 4 heterocycles. The average molecular weight is 798 g/mol. The molecule has 2 aliphatic heterocycles. The van der Waals surface area contributed by atoms with Crippen LogP contribution in [0.3, 0.4) is 0 Å². The molecule has 51 heavy (non-hydrogen) atoms. The van der Waals surface area contributed by atoms with Gasteiger partial charge in [0.15, 0.2) is 11.5 Å². The number of carbonyl (C=O) groups is 1. The van der Waals surface area contributed by atoms with Gasteiger partial charge in [-0.3, -0.25) is 14.0 Å². The van der Waals surface area contributed by atoms with Crippen molar-refractivity contribution < 1.29 is 45.8 Å². The number of piperazine rings is 1. The summed E-state index contributed by atoms with van der Waals surface area (Å²) >= 11 is 3.48. The van der Waals surface area contributed by atoms with E-state index >= 15 is 0 Å². The standard InChI is InChI=1S/C31H33BrF3N8O7P/c1-41-17-18(15-37-41)19-13-22(25(46-2)14-23(19)42-7-9-43(10-8-42)29(44)31(33,34)35)39-30-36-16-20(32)28(40-30)38-21-5-6-24-26(50-12-11-49-24)27(21)51(45,47-3)48-4/h5-6,13-17H,7-12H2,1-4H3,(H2,36,38,39,40). The first-order valence-corrected chi connectivity index (χ1v) is 17.7. The molecule has 0 spiro atoms. The molecule has 2 N–H and O–H groups in total. The summed E-state index contributed by atoms with van der Waals surface area (Å²) in [6.45, 7) is 0.670. The smallest absolute Gasteiger partial charge is 0.471 e. The normalized spacial score (nSPS) is 14.7. The Morgan fingerprint density at radius 3 is 2.37 bits per heavy atom. The number of alkyl halides is 3. The number of hydrogen-bond donors (Lipinski definition) is 2. The van der Waals surface area contributed by atoms with E-state index in [-0.39, 0.29) is 49.8 Å². The third-order valence-corrected chi connectivity index (χ3v) is 10.7. The van der Waals surface area contributed by atoms with Crippen molar-refractivity contribution in [2.45, 2.75) is 6.18 Å². The molecule has 2 aliphatic rings. The summed E-state index contributed by atoms with van der Waals surface area (Å²) in [4.78, 5) is 23.6. The lowest BCUT2D eigenvalue weighted by Crippen LogP contribution is -2.52. The van der Waals surface area contributed by atoms with Gasteiger partial charge in [-0.1, -0.05) is 0 Å². The highest BCUT2D eigenvalue weighted by atomic mass is 79.9. The molecule has 1 fully saturated rings. The Hall–Kier alpha value is -4.58. The summed E-state index contributed by atoms with van der Waals surface area (Å²) in [6.07, 6.45) is 0.0545. The number of amides is 1. The molecule has 2 aromatic heterocycles. The van der Waals surface area contributed by atoms with Crippen LogP contribution >= 0.6 is 23.5 Å². The van der Waals surface area contributed by atoms with Crippen LogP contribution in [-0.2, 0) is 25.5 Å². The molecule has 0 aliphatic carbocycles. The number of benzene rings is 2. The van der Waals surface area contributed by atoms with Crippen LogP contribution in [0.5, 0.6) is 17.2 Å². The fourth-order valence-electron chi connectivity index (χ4n) is 5.71. The van der Waals surface area contributed by atoms with Gasteiger partial charge in [-0.15, -0.1) is 0 Å². The van der Waals surface area contributed by atoms with Crippen molar-refractivity contribution in [3.63, 3.8) is 0 Å². The number of anilines is 5. The van der Waals surface area contributed by atoms with Gasteiger partial charge in [-0.05, 0) is 34.1 Å². The summed E-state index contributed by atoms with van der Waals surface area (Å²) in [5, 5.41) is 10.8. The van der Waals surface area contributed by atoms with Crippen LogP contribution in [0.15, 0.2) is 47.3 Å². The summed E-state index contributed by atoms with van der Waals surface area (Å²) in [6, 6.07) is 6.89. The topological polar surface area (TPSA) is 154 Å². The highest BCUT2D eigenvalue weighted by Crippen LogP contribution is 2.53. The third kappa shape index (κ3) is 7.42. The first-order valence-electron chi connectivity index (χ1n) is 15.4. The van der Waals surface area contributed by atoms with Gasteiger partial charge in [0.05, 0.1) is 29.2 Å². The van der Waals surface area contributed by atoms with Crippen LogP contribution in [0.2, 0.25) is 0 Å². The molecule has 4 aromatic rings. The summed E-state index contributed by atoms with van der Waals surface area (Å²) < 4.78 is 83.0. The van der Waals surface area contributed by atoms with Gasteiger partial charge >= 0.3 is 19.7 Å². The van der Waals surface area contributed by atoms with Crippen LogP contribution in [0.25, 0.3) is 11.1 Å². The maximum Gasteiger partial charge on any atom is 0.471 e. The molecular formula is C31H33BrF3N8O7P. The molecule has 0 bridgehead atoms. The number of nitrogens with one attached hydrogen (secondary N) is 2. The maximum absolute atomic E-state index is 13.7. The number of aromatic nitrogens is 4. The minimum Gasteiger partial charge on any atom is -0.494 e. The summed E-state index contributed by atoms with van der Waals surface area (Å²) in [5.74, 6) is -0.406. The molecule has 0 radical (unpaired) electrons. The zero-order valence-electron chi connectivity index (χ0n) is 27.8. The largest absolute Gasteiger partial charge is 0.494 e. The van der Waals surface area contributed by atoms with E-state index in [1.165, 1.54) is 27.5 Å². The van der Waals surface area contributed by atoms with Gasteiger partial charge in [0.2, 0.25) is 5.95 Å². The Morgan fingerprint density at radius 2 is 1.73 bits per heavy atom. The first kappa shape index (κ1) is 36.2. The monoisotopic (exact) mass is 796 g/mol. The Bertz CT molecular complexity index is 1980. The predicted octanol–water partition coefficient (Wildman–Crippen LogP) is 5.23. The number of nitrogens with zero attached hydrogens (tertiary/aromatic N) is 6. The Labute approximate surface area is 298 Å². The number of carbonyl (C=O) groups excluding carboxylic acids is 1. The van der Waals surface area contributed by atoms with Crippen molar-refractivity contribution in [2.75, 3.05) is 76.3 Å². The van der Waals surface area contributed by atoms with Gasteiger partial charge in [-0.25, -0.2) is 4.98 Å². The lowest BCUT2D eigenvalue weighted by atomic mass is 10.0. The summed E-state index contributed by atoms with van der Waals surface area (Å²) in [5.41, 5.74) is 2.92. The first-order chi connectivity index (χ1) is 24.3. The molecule has 1 saturated heterocycles. The lowest BCUT2D eigenvalue weighted by molar-refractivity contribution is -0.185. The number of methoxy groups -OCH3 is 1. The number of hydrogen-bond acceptors (Lipinski definition) is 13. The van der Waals surface area contributed by atoms with E-state index < -0.39 is 19.7 Å². The molecule has 0 saturated carbocycles. The minimum atomic E-state index is -4.94. The van der Waals surface area contributed by atoms with Crippen molar-refractivity contribution in [3.05, 3.63) is 47.3 Å². The van der Waals surface area contributed by atoms with Gasteiger partial charge in [0.1, 0.15) is 30.1 Å². The Kier molecular flexibility index (Phi) is 10.3. The molecule has 15 nitrogen and oxygen atoms in total. The quantitative estimate of drug-likeness (QED) is 0.202. The number of halogens is 4. The molecule has 2 aromatic carbocycles. The van der Waals surface area contributed by atoms with E-state index in [1.807, 2.05) is 11.0 Å². The van der Waals surface area contributed by atoms with Crippen LogP contribution < -0.4 is 35.0 Å². The second-order valence-electron chi connectivity index (χ2n) is 11.2. The van der Waals surface area contributed by atoms with Crippen molar-refractivity contribution in [1.82, 2.24) is 24.6 Å². The fourth-order valence-corrected chi connectivity index (χ4v) is 7.37. The van der Waals surface area contributed by atoms with E-state index in [0.717, 1.165) is 10.5 Å². The number of ether oxygens (including phenoxy) is 3. The van der Waals surface area contributed by atoms with Crippen LogP contribution in [0, 0.1) is 0 Å². The maximum atomic E-state index is 13.7. The molecular weight excluding hydrogens is 764 g/mol. The number of aryl methyl sites for hydroxylation is 1. The second kappa shape index (κ2) is 14.6. The summed E-state index contributed by atoms with van der Waals surface area (Å²) in [7, 11) is 1.93. The highest BCUT2D eigenvalue weighted by molar-refractivity contribution is 9.10. The van der Waals surface area contributed by atoms with Gasteiger partial charge in [0.25, 0.3) is 0 Å². The zero-order chi connectivity index (χ0) is 36.5. The highest BCUT2D eigenvalue weighted by Gasteiger charge is 2.43. The molecule has 20 heteroatoms. The average Bonchev–Trinajstić information content (AvgIpc) is 3.57. The molecule has 272 valence electrons. The predicted molar refractivity (Wildman–Crippen MR) is 185 cm³/mol. The van der Waals surface area contributed by atoms with Crippen molar-refractivity contribution in [2.24, 2.45) is 7.05 Å². The number of fused-ring (bicyclic) bond motifs is 1. The lowest BCUT2D eigenvalue weighted by Gasteiger charge is -2.37. The fraction of sp³-hybridized carbons (Fsp3) is 0.355. The zero-order valence-corrected chi connectivity index (χ0v) is 30.3. The van der Waals surface area contributed by atoms with Crippen molar-refractivity contribution in [3.8, 4) is 28.4 Å². The van der Waals surface area contributed by atoms with Crippen LogP contribution in [-0.4, -0.2) is 97.5 Å². The van der Waals surface area contributed by atoms with E-state index in [9.17, 15) is 22.5 Å². The van der Waals surface area contributed by atoms with Gasteiger partial charge in [0, 0.05) is 82.7 Å². The van der Waals surface area contributed by atoms with Gasteiger partial charge in [-0.2, -0.15) is 23.3 Å². The Balaban J connectivity index is 1.33. The van der Waals surface area contributed by atoms with Crippen molar-refractivity contribution in [1.29, 1.82) is 0 Å². The van der Waals surface area contributed by atoms with Crippen molar-refractivity contribution >= 4 is 63.6 Å². The van der Waals surface area contributed by atoms with Crippen LogP contribution in [0.1, 0.15) is 0 Å². The van der Waals surface area contributed by atoms with E-state index in [1.54, 1.807) is 42.3 Å². The Morgan fingerprint density at radius 1 is 1.00 bits per heavy atom. The second-order valence-corrected chi connectivity index (χ2v) is 14.3. The van der Waals surface area contributed by atoms with E-state index in [2.05, 4.69) is 41.6 Å².